The summed E-state index contributed by atoms with van der Waals surface area (Å²) in [5, 5.41) is 0. The molecule has 0 aliphatic rings. The van der Waals surface area contributed by atoms with Crippen LogP contribution in [0.3, 0.4) is 0 Å². The van der Waals surface area contributed by atoms with Crippen LogP contribution in [0.15, 0.2) is 37.5 Å². The molecule has 0 spiro atoms. The zero-order valence-electron chi connectivity index (χ0n) is 5.84. The van der Waals surface area contributed by atoms with Crippen molar-refractivity contribution >= 4 is 10.4 Å². The Bertz CT molecular complexity index is 207. The van der Waals surface area contributed by atoms with E-state index in [2.05, 4.69) is 13.2 Å². The van der Waals surface area contributed by atoms with Gasteiger partial charge in [-0.2, -0.15) is 8.42 Å². The highest BCUT2D eigenvalue weighted by Gasteiger charge is 1.84. The van der Waals surface area contributed by atoms with Gasteiger partial charge in [-0.25, -0.2) is 0 Å². The zero-order chi connectivity index (χ0) is 9.33. The monoisotopic (exact) mass is 178 g/mol. The minimum absolute atomic E-state index is 1.71. The van der Waals surface area contributed by atoms with E-state index in [4.69, 9.17) is 17.5 Å². The van der Waals surface area contributed by atoms with Crippen molar-refractivity contribution < 1.29 is 17.5 Å². The van der Waals surface area contributed by atoms with Gasteiger partial charge in [-0.3, -0.25) is 9.11 Å². The molecule has 0 bridgehead atoms. The lowest BCUT2D eigenvalue weighted by atomic mass is 10.5. The molecule has 0 rings (SSSR count). The fourth-order valence-electron chi connectivity index (χ4n) is 0.157. The summed E-state index contributed by atoms with van der Waals surface area (Å²) in [6.07, 6.45) is 7.07. The van der Waals surface area contributed by atoms with E-state index in [1.165, 1.54) is 0 Å². The van der Waals surface area contributed by atoms with Crippen molar-refractivity contribution in [2.45, 2.75) is 0 Å². The fraction of sp³-hybridized carbons (Fsp3) is 0. The molecule has 0 aromatic heterocycles. The SMILES string of the molecule is C=CC=CC=C.O=S(=O)(O)O. The van der Waals surface area contributed by atoms with Crippen LogP contribution in [0, 0.1) is 0 Å². The summed E-state index contributed by atoms with van der Waals surface area (Å²) in [6.45, 7) is 6.93. The first-order valence-corrected chi connectivity index (χ1v) is 3.91. The third-order valence-corrected chi connectivity index (χ3v) is 0.383. The molecule has 11 heavy (non-hydrogen) atoms. The first-order valence-electron chi connectivity index (χ1n) is 2.51. The lowest BCUT2D eigenvalue weighted by molar-refractivity contribution is 0.381. The molecule has 0 amide bonds. The van der Waals surface area contributed by atoms with Crippen LogP contribution < -0.4 is 0 Å². The smallest absolute Gasteiger partial charge is 0.264 e. The fourth-order valence-corrected chi connectivity index (χ4v) is 0.157. The van der Waals surface area contributed by atoms with Crippen LogP contribution in [-0.2, 0) is 10.4 Å². The zero-order valence-corrected chi connectivity index (χ0v) is 6.66. The first kappa shape index (κ1) is 12.7. The molecule has 0 saturated carbocycles. The van der Waals surface area contributed by atoms with Crippen LogP contribution in [-0.4, -0.2) is 17.5 Å². The quantitative estimate of drug-likeness (QED) is 0.493. The summed E-state index contributed by atoms with van der Waals surface area (Å²) < 4.78 is 31.6. The van der Waals surface area contributed by atoms with Gasteiger partial charge in [-0.15, -0.1) is 0 Å². The number of hydrogen-bond donors (Lipinski definition) is 2. The molecule has 0 saturated heterocycles. The Morgan fingerprint density at radius 2 is 1.18 bits per heavy atom. The van der Waals surface area contributed by atoms with Gasteiger partial charge in [0.05, 0.1) is 0 Å². The average molecular weight is 178 g/mol. The maximum absolute atomic E-state index is 8.74. The summed E-state index contributed by atoms with van der Waals surface area (Å²) in [7, 11) is -4.67. The molecular weight excluding hydrogens is 168 g/mol. The highest BCUT2D eigenvalue weighted by Crippen LogP contribution is 1.69. The number of allylic oxidation sites excluding steroid dienone is 4. The first-order chi connectivity index (χ1) is 4.91. The minimum atomic E-state index is -4.67. The molecule has 0 radical (unpaired) electrons. The molecular formula is C6H10O4S. The van der Waals surface area contributed by atoms with Gasteiger partial charge in [-0.1, -0.05) is 37.5 Å². The van der Waals surface area contributed by atoms with Crippen molar-refractivity contribution in [2.75, 3.05) is 0 Å². The maximum atomic E-state index is 8.74. The Hall–Kier alpha value is -0.910. The molecule has 2 N–H and O–H groups in total. The summed E-state index contributed by atoms with van der Waals surface area (Å²) in [5.41, 5.74) is 0. The summed E-state index contributed by atoms with van der Waals surface area (Å²) >= 11 is 0. The number of rotatable bonds is 2. The highest BCUT2D eigenvalue weighted by atomic mass is 32.3. The van der Waals surface area contributed by atoms with E-state index in [0.717, 1.165) is 0 Å². The molecule has 0 aromatic rings. The van der Waals surface area contributed by atoms with Crippen molar-refractivity contribution in [1.82, 2.24) is 0 Å². The van der Waals surface area contributed by atoms with Crippen LogP contribution >= 0.6 is 0 Å². The molecule has 0 aromatic carbocycles. The van der Waals surface area contributed by atoms with E-state index < -0.39 is 10.4 Å². The van der Waals surface area contributed by atoms with E-state index in [1.54, 1.807) is 12.2 Å². The van der Waals surface area contributed by atoms with Gasteiger partial charge in [-0.05, 0) is 0 Å². The third-order valence-electron chi connectivity index (χ3n) is 0.383. The van der Waals surface area contributed by atoms with Crippen LogP contribution in [0.1, 0.15) is 0 Å². The lowest BCUT2D eigenvalue weighted by Gasteiger charge is -1.68. The molecule has 0 heterocycles. The Kier molecular flexibility index (Phi) is 8.34. The molecule has 4 nitrogen and oxygen atoms in total. The van der Waals surface area contributed by atoms with Crippen LogP contribution in [0.25, 0.3) is 0 Å². The van der Waals surface area contributed by atoms with E-state index in [0.29, 0.717) is 0 Å². The summed E-state index contributed by atoms with van der Waals surface area (Å²) in [6, 6.07) is 0. The predicted molar refractivity (Wildman–Crippen MR) is 43.7 cm³/mol. The van der Waals surface area contributed by atoms with Gasteiger partial charge in [0.25, 0.3) is 0 Å². The molecule has 0 aliphatic heterocycles. The largest absolute Gasteiger partial charge is 0.394 e. The second kappa shape index (κ2) is 7.20. The van der Waals surface area contributed by atoms with E-state index in [-0.39, 0.29) is 0 Å². The van der Waals surface area contributed by atoms with Crippen molar-refractivity contribution in [3.63, 3.8) is 0 Å². The standard InChI is InChI=1S/C6H8.H2O4S/c1-3-5-6-4-2;1-5(2,3)4/h3-6H,1-2H2;(H2,1,2,3,4). The second-order valence-corrected chi connectivity index (χ2v) is 2.20. The third kappa shape index (κ3) is 105. The van der Waals surface area contributed by atoms with E-state index in [1.807, 2.05) is 12.2 Å². The van der Waals surface area contributed by atoms with E-state index >= 15 is 0 Å². The van der Waals surface area contributed by atoms with Gasteiger partial charge in [0.2, 0.25) is 0 Å². The molecule has 0 atom stereocenters. The van der Waals surface area contributed by atoms with Gasteiger partial charge in [0.1, 0.15) is 0 Å². The number of hydrogen-bond acceptors (Lipinski definition) is 2. The molecule has 5 heteroatoms. The lowest BCUT2D eigenvalue weighted by Crippen LogP contribution is -1.89. The van der Waals surface area contributed by atoms with Crippen molar-refractivity contribution in [2.24, 2.45) is 0 Å². The van der Waals surface area contributed by atoms with Crippen molar-refractivity contribution in [3.05, 3.63) is 37.5 Å². The van der Waals surface area contributed by atoms with E-state index in [9.17, 15) is 0 Å². The Balaban J connectivity index is 0. The van der Waals surface area contributed by atoms with Gasteiger partial charge >= 0.3 is 10.4 Å². The van der Waals surface area contributed by atoms with Crippen molar-refractivity contribution in [1.29, 1.82) is 0 Å². The molecule has 0 unspecified atom stereocenters. The summed E-state index contributed by atoms with van der Waals surface area (Å²) in [5.74, 6) is 0. The van der Waals surface area contributed by atoms with Crippen LogP contribution in [0.5, 0.6) is 0 Å². The van der Waals surface area contributed by atoms with Gasteiger partial charge < -0.3 is 0 Å². The Labute approximate surface area is 66.1 Å². The molecule has 0 aliphatic carbocycles. The second-order valence-electron chi connectivity index (χ2n) is 1.30. The van der Waals surface area contributed by atoms with Crippen molar-refractivity contribution in [3.8, 4) is 0 Å². The molecule has 64 valence electrons. The maximum Gasteiger partial charge on any atom is 0.394 e. The van der Waals surface area contributed by atoms with Gasteiger partial charge in [0.15, 0.2) is 0 Å². The normalized spacial score (nSPS) is 10.0. The Morgan fingerprint density at radius 1 is 1.00 bits per heavy atom. The van der Waals surface area contributed by atoms with Crippen LogP contribution in [0.4, 0.5) is 0 Å². The summed E-state index contributed by atoms with van der Waals surface area (Å²) in [4.78, 5) is 0. The Morgan fingerprint density at radius 3 is 1.27 bits per heavy atom. The highest BCUT2D eigenvalue weighted by molar-refractivity contribution is 7.79. The average Bonchev–Trinajstić information content (AvgIpc) is 1.79. The van der Waals surface area contributed by atoms with Gasteiger partial charge in [0, 0.05) is 0 Å². The van der Waals surface area contributed by atoms with Crippen LogP contribution in [0.2, 0.25) is 0 Å². The molecule has 0 fully saturated rings. The topological polar surface area (TPSA) is 74.6 Å². The minimum Gasteiger partial charge on any atom is -0.264 e. The predicted octanol–water partition coefficient (Wildman–Crippen LogP) is 1.26.